The molecule has 0 aliphatic carbocycles. The molecule has 0 saturated carbocycles. The first-order valence-corrected chi connectivity index (χ1v) is 7.68. The van der Waals surface area contributed by atoms with Crippen LogP contribution in [0.1, 0.15) is 21.8 Å². The second-order valence-electron chi connectivity index (χ2n) is 5.19. The Morgan fingerprint density at radius 3 is 2.62 bits per heavy atom. The lowest BCUT2D eigenvalue weighted by Gasteiger charge is -2.31. The Morgan fingerprint density at radius 1 is 1.17 bits per heavy atom. The molecule has 1 heterocycles. The smallest absolute Gasteiger partial charge is 0.265 e. The topological polar surface area (TPSA) is 49.7 Å². The van der Waals surface area contributed by atoms with Crippen LogP contribution in [0.4, 0.5) is 5.69 Å². The molecule has 1 unspecified atom stereocenters. The number of terminal acetylenes is 1. The van der Waals surface area contributed by atoms with Gasteiger partial charge in [-0.15, -0.1) is 6.42 Å². The molecule has 118 valence electrons. The minimum atomic E-state index is -0.677. The molecule has 0 aromatic heterocycles. The van der Waals surface area contributed by atoms with Crippen LogP contribution >= 0.6 is 11.6 Å². The van der Waals surface area contributed by atoms with Crippen molar-refractivity contribution in [3.05, 3.63) is 64.7 Å². The number of aliphatic imine (C=N–C) groups is 1. The molecule has 0 spiro atoms. The first-order chi connectivity index (χ1) is 11.6. The molecule has 0 N–H and O–H groups in total. The number of halogens is 1. The Kier molecular flexibility index (Phi) is 4.45. The molecule has 3 rings (SSSR count). The number of imide groups is 1. The van der Waals surface area contributed by atoms with Gasteiger partial charge in [0, 0.05) is 11.8 Å². The number of anilines is 1. The van der Waals surface area contributed by atoms with Gasteiger partial charge in [-0.1, -0.05) is 47.9 Å². The van der Waals surface area contributed by atoms with E-state index in [1.54, 1.807) is 48.5 Å². The van der Waals surface area contributed by atoms with Crippen molar-refractivity contribution >= 4 is 35.3 Å². The predicted octanol–water partition coefficient (Wildman–Crippen LogP) is 3.31. The van der Waals surface area contributed by atoms with E-state index in [0.29, 0.717) is 21.8 Å². The zero-order valence-electron chi connectivity index (χ0n) is 12.6. The molecule has 0 radical (unpaired) electrons. The first-order valence-electron chi connectivity index (χ1n) is 7.30. The van der Waals surface area contributed by atoms with Crippen molar-refractivity contribution in [1.29, 1.82) is 0 Å². The number of carbonyl (C=O) groups is 2. The maximum atomic E-state index is 12.9. The fraction of sp³-hybridized carbons (Fsp3) is 0.105. The fourth-order valence-corrected chi connectivity index (χ4v) is 2.89. The lowest BCUT2D eigenvalue weighted by molar-refractivity contribution is -0.118. The molecule has 4 nitrogen and oxygen atoms in total. The maximum Gasteiger partial charge on any atom is 0.265 e. The number of fused-ring (bicyclic) bond motifs is 1. The van der Waals surface area contributed by atoms with Crippen molar-refractivity contribution in [1.82, 2.24) is 0 Å². The van der Waals surface area contributed by atoms with Gasteiger partial charge >= 0.3 is 0 Å². The van der Waals surface area contributed by atoms with Crippen molar-refractivity contribution < 1.29 is 9.59 Å². The van der Waals surface area contributed by atoms with Crippen LogP contribution in [0.3, 0.4) is 0 Å². The van der Waals surface area contributed by atoms with E-state index in [9.17, 15) is 9.59 Å². The van der Waals surface area contributed by atoms with E-state index in [1.807, 2.05) is 0 Å². The number of hydrogen-bond donors (Lipinski definition) is 0. The lowest BCUT2D eigenvalue weighted by atomic mass is 9.89. The number of benzene rings is 2. The summed E-state index contributed by atoms with van der Waals surface area (Å²) >= 11 is 6.18. The second kappa shape index (κ2) is 6.69. The van der Waals surface area contributed by atoms with Gasteiger partial charge in [0.2, 0.25) is 5.91 Å². The van der Waals surface area contributed by atoms with Gasteiger partial charge in [0.1, 0.15) is 0 Å². The van der Waals surface area contributed by atoms with Crippen LogP contribution in [0.5, 0.6) is 0 Å². The molecule has 2 aromatic carbocycles. The van der Waals surface area contributed by atoms with E-state index in [0.717, 1.165) is 4.90 Å². The fourth-order valence-electron chi connectivity index (χ4n) is 2.67. The highest BCUT2D eigenvalue weighted by molar-refractivity contribution is 6.37. The third-order valence-corrected chi connectivity index (χ3v) is 4.07. The summed E-state index contributed by atoms with van der Waals surface area (Å²) in [4.78, 5) is 31.0. The van der Waals surface area contributed by atoms with Gasteiger partial charge < -0.3 is 0 Å². The van der Waals surface area contributed by atoms with Crippen LogP contribution in [-0.2, 0) is 4.79 Å². The zero-order chi connectivity index (χ0) is 17.1. The van der Waals surface area contributed by atoms with Gasteiger partial charge in [-0.05, 0) is 23.8 Å². The average molecular weight is 337 g/mol. The number of nitrogens with zero attached hydrogens (tertiary/aromatic N) is 2. The van der Waals surface area contributed by atoms with Gasteiger partial charge in [-0.2, -0.15) is 0 Å². The first kappa shape index (κ1) is 16.0. The summed E-state index contributed by atoms with van der Waals surface area (Å²) in [6.07, 6.45) is 6.70. The van der Waals surface area contributed by atoms with Gasteiger partial charge in [0.05, 0.1) is 23.2 Å². The van der Waals surface area contributed by atoms with E-state index in [-0.39, 0.29) is 6.54 Å². The molecular formula is C19H13ClN2O2. The molecule has 24 heavy (non-hydrogen) atoms. The lowest BCUT2D eigenvalue weighted by Crippen LogP contribution is -2.45. The minimum Gasteiger partial charge on any atom is -0.283 e. The van der Waals surface area contributed by atoms with Crippen LogP contribution in [-0.4, -0.2) is 24.6 Å². The molecular weight excluding hydrogens is 324 g/mol. The number of carbonyl (C=O) groups excluding carboxylic acids is 2. The summed E-state index contributed by atoms with van der Waals surface area (Å²) in [5.74, 6) is 0.925. The minimum absolute atomic E-state index is 0.173. The number of para-hydroxylation sites is 1. The van der Waals surface area contributed by atoms with Crippen LogP contribution in [0.25, 0.3) is 0 Å². The zero-order valence-corrected chi connectivity index (χ0v) is 13.4. The number of hydrogen-bond acceptors (Lipinski definition) is 3. The van der Waals surface area contributed by atoms with Crippen LogP contribution in [0, 0.1) is 12.3 Å². The third kappa shape index (κ3) is 2.70. The Hall–Kier alpha value is -2.90. The molecule has 1 aliphatic rings. The Bertz CT molecular complexity index is 883. The molecule has 2 aromatic rings. The highest BCUT2D eigenvalue weighted by Crippen LogP contribution is 2.34. The average Bonchev–Trinajstić information content (AvgIpc) is 2.60. The van der Waals surface area contributed by atoms with Crippen molar-refractivity contribution in [2.24, 2.45) is 4.99 Å². The molecule has 0 saturated heterocycles. The predicted molar refractivity (Wildman–Crippen MR) is 94.6 cm³/mol. The molecule has 2 amide bonds. The summed E-state index contributed by atoms with van der Waals surface area (Å²) in [5.41, 5.74) is 1.43. The van der Waals surface area contributed by atoms with Crippen LogP contribution < -0.4 is 4.90 Å². The van der Waals surface area contributed by atoms with E-state index < -0.39 is 17.7 Å². The van der Waals surface area contributed by atoms with E-state index in [4.69, 9.17) is 18.0 Å². The quantitative estimate of drug-likeness (QED) is 0.490. The SMILES string of the molecule is C#CCN=CC1C(=O)N(c2ccccc2Cl)C(=O)c2ccccc21. The van der Waals surface area contributed by atoms with Crippen molar-refractivity contribution in [3.63, 3.8) is 0 Å². The monoisotopic (exact) mass is 336 g/mol. The molecule has 1 aliphatic heterocycles. The standard InChI is InChI=1S/C19H13ClN2O2/c1-2-11-21-12-15-13-7-3-4-8-14(13)18(23)22(19(15)24)17-10-6-5-9-16(17)20/h1,3-10,12,15H,11H2. The number of rotatable bonds is 3. The third-order valence-electron chi connectivity index (χ3n) is 3.75. The van der Waals surface area contributed by atoms with E-state index in [1.165, 1.54) is 6.21 Å². The van der Waals surface area contributed by atoms with Crippen molar-refractivity contribution in [2.45, 2.75) is 5.92 Å². The molecule has 0 fully saturated rings. The van der Waals surface area contributed by atoms with Crippen LogP contribution in [0.15, 0.2) is 53.5 Å². The van der Waals surface area contributed by atoms with Gasteiger partial charge in [0.15, 0.2) is 0 Å². The summed E-state index contributed by atoms with van der Waals surface area (Å²) in [5, 5.41) is 0.331. The Balaban J connectivity index is 2.14. The molecule has 0 bridgehead atoms. The van der Waals surface area contributed by atoms with Crippen LogP contribution in [0.2, 0.25) is 5.02 Å². The summed E-state index contributed by atoms with van der Waals surface area (Å²) in [7, 11) is 0. The van der Waals surface area contributed by atoms with Gasteiger partial charge in [-0.25, -0.2) is 4.90 Å². The normalized spacial score (nSPS) is 17.0. The van der Waals surface area contributed by atoms with E-state index in [2.05, 4.69) is 10.9 Å². The van der Waals surface area contributed by atoms with Gasteiger partial charge in [0.25, 0.3) is 5.91 Å². The Labute approximate surface area is 144 Å². The summed E-state index contributed by atoms with van der Waals surface area (Å²) < 4.78 is 0. The van der Waals surface area contributed by atoms with Gasteiger partial charge in [-0.3, -0.25) is 14.6 Å². The maximum absolute atomic E-state index is 12.9. The Morgan fingerprint density at radius 2 is 1.88 bits per heavy atom. The number of amides is 2. The largest absolute Gasteiger partial charge is 0.283 e. The highest BCUT2D eigenvalue weighted by atomic mass is 35.5. The van der Waals surface area contributed by atoms with Crippen molar-refractivity contribution in [2.75, 3.05) is 11.4 Å². The molecule has 1 atom stereocenters. The highest BCUT2D eigenvalue weighted by Gasteiger charge is 2.39. The van der Waals surface area contributed by atoms with Crippen molar-refractivity contribution in [3.8, 4) is 12.3 Å². The van der Waals surface area contributed by atoms with E-state index >= 15 is 0 Å². The summed E-state index contributed by atoms with van der Waals surface area (Å²) in [6.45, 7) is 0.173. The summed E-state index contributed by atoms with van der Waals surface area (Å²) in [6, 6.07) is 13.7. The molecule has 5 heteroatoms. The second-order valence-corrected chi connectivity index (χ2v) is 5.60.